The van der Waals surface area contributed by atoms with E-state index >= 15 is 0 Å². The van der Waals surface area contributed by atoms with E-state index in [2.05, 4.69) is 127 Å². The molecular weight excluding hydrogens is 798 g/mol. The summed E-state index contributed by atoms with van der Waals surface area (Å²) in [7, 11) is -4.76. The number of benzene rings is 4. The maximum absolute atomic E-state index is 6.61. The van der Waals surface area contributed by atoms with Crippen LogP contribution < -0.4 is 77.3 Å². The second kappa shape index (κ2) is 19.6. The maximum Gasteiger partial charge on any atom is 1.00 e. The second-order valence-corrected chi connectivity index (χ2v) is 26.3. The van der Waals surface area contributed by atoms with E-state index in [9.17, 15) is 0 Å². The molecule has 8 aliphatic carbocycles. The zero-order valence-corrected chi connectivity index (χ0v) is 41.3. The number of rotatable bonds is 8. The smallest absolute Gasteiger partial charge is 0.622 e. The molecule has 10 aliphatic rings. The van der Waals surface area contributed by atoms with Gasteiger partial charge in [-0.3, -0.25) is 4.74 Å². The van der Waals surface area contributed by atoms with Crippen molar-refractivity contribution in [3.05, 3.63) is 126 Å². The molecule has 0 atom stereocenters. The molecule has 4 aromatic rings. The van der Waals surface area contributed by atoms with Crippen molar-refractivity contribution in [2.45, 2.75) is 114 Å². The Hall–Kier alpha value is -1.07. The molecule has 7 heteroatoms. The maximum atomic E-state index is 6.61. The summed E-state index contributed by atoms with van der Waals surface area (Å²) in [6.45, 7) is 4.00. The molecule has 0 aromatic heterocycles. The van der Waals surface area contributed by atoms with Gasteiger partial charge in [-0.1, -0.05) is 116 Å². The number of hydrogen-bond acceptors (Lipinski definition) is 2. The van der Waals surface area contributed by atoms with Crippen LogP contribution in [-0.2, 0) is 9.47 Å². The van der Waals surface area contributed by atoms with E-state index in [1.807, 2.05) is 0 Å². The van der Waals surface area contributed by atoms with Gasteiger partial charge in [-0.15, -0.1) is 12.6 Å². The fourth-order valence-corrected chi connectivity index (χ4v) is 24.1. The SMILES string of the molecule is C(=P([N-]C12CC3CC(CC(C3)C1)C2)(c1ccccc1)c1ccccc1)P(=[NH+]C12CC3CC(CC(C3)C1)C2)(c1ccccc1)c1ccccc1.C1CCOC1.C1CCOC1.[K+]. The molecule has 8 bridgehead atoms. The number of ether oxygens (including phenoxy) is 2. The largest absolute Gasteiger partial charge is 1.00 e. The Balaban J connectivity index is 0.000000371. The van der Waals surface area contributed by atoms with Crippen molar-refractivity contribution in [2.24, 2.45) is 35.5 Å². The summed E-state index contributed by atoms with van der Waals surface area (Å²) in [5.41, 5.74) is 3.23. The van der Waals surface area contributed by atoms with Gasteiger partial charge < -0.3 is 14.6 Å². The fraction of sp³-hybridized carbons (Fsp3) is 0.528. The summed E-state index contributed by atoms with van der Waals surface area (Å²) < 4.78 is 14.7. The summed E-state index contributed by atoms with van der Waals surface area (Å²) >= 11 is 0. The van der Waals surface area contributed by atoms with Crippen molar-refractivity contribution >= 4 is 40.8 Å². The molecule has 0 radical (unpaired) electrons. The second-order valence-electron chi connectivity index (χ2n) is 20.1. The van der Waals surface area contributed by atoms with Gasteiger partial charge >= 0.3 is 51.4 Å². The van der Waals surface area contributed by atoms with Gasteiger partial charge in [-0.25, -0.2) is 0 Å². The average Bonchev–Trinajstić information content (AvgIpc) is 4.05. The van der Waals surface area contributed by atoms with Crippen LogP contribution in [0.1, 0.15) is 103 Å². The average molecular weight is 866 g/mol. The third-order valence-corrected chi connectivity index (χ3v) is 24.1. The predicted octanol–water partition coefficient (Wildman–Crippen LogP) is 7.17. The zero-order chi connectivity index (χ0) is 39.6. The molecule has 2 heterocycles. The number of nitrogens with zero attached hydrogens (tertiary/aromatic N) is 1. The van der Waals surface area contributed by atoms with Crippen LogP contribution in [0.2, 0.25) is 0 Å². The first kappa shape index (κ1) is 44.1. The van der Waals surface area contributed by atoms with E-state index in [1.54, 1.807) is 0 Å². The van der Waals surface area contributed by atoms with E-state index in [1.165, 1.54) is 124 Å². The van der Waals surface area contributed by atoms with Gasteiger partial charge in [-0.05, 0) is 140 Å². The van der Waals surface area contributed by atoms with Gasteiger partial charge in [0.2, 0.25) is 0 Å². The van der Waals surface area contributed by atoms with Crippen LogP contribution in [0, 0.1) is 35.5 Å². The molecule has 0 spiro atoms. The molecule has 1 N–H and O–H groups in total. The van der Waals surface area contributed by atoms with Gasteiger partial charge in [-0.2, -0.15) is 0 Å². The Bertz CT molecular complexity index is 1920. The van der Waals surface area contributed by atoms with Crippen LogP contribution in [0.25, 0.3) is 5.09 Å². The summed E-state index contributed by atoms with van der Waals surface area (Å²) in [4.78, 5) is 0. The zero-order valence-electron chi connectivity index (χ0n) is 36.4. The topological polar surface area (TPSA) is 46.5 Å². The molecule has 4 aromatic carbocycles. The third kappa shape index (κ3) is 9.50. The monoisotopic (exact) mass is 865 g/mol. The van der Waals surface area contributed by atoms with Gasteiger partial charge in [0.15, 0.2) is 12.6 Å². The molecule has 14 rings (SSSR count). The predicted molar refractivity (Wildman–Crippen MR) is 250 cm³/mol. The Morgan fingerprint density at radius 2 is 0.767 bits per heavy atom. The minimum absolute atomic E-state index is 0. The van der Waals surface area contributed by atoms with Crippen molar-refractivity contribution in [1.82, 2.24) is 0 Å². The van der Waals surface area contributed by atoms with Gasteiger partial charge in [0.25, 0.3) is 0 Å². The first-order chi connectivity index (χ1) is 29.0. The van der Waals surface area contributed by atoms with Crippen LogP contribution in [0.3, 0.4) is 0 Å². The molecule has 10 fully saturated rings. The van der Waals surface area contributed by atoms with E-state index in [-0.39, 0.29) is 62.5 Å². The third-order valence-electron chi connectivity index (χ3n) is 15.4. The molecule has 8 saturated carbocycles. The quantitative estimate of drug-likeness (QED) is 0.151. The minimum atomic E-state index is -2.42. The molecule has 2 aliphatic heterocycles. The fourth-order valence-electron chi connectivity index (χ4n) is 13.9. The normalized spacial score (nSPS) is 31.9. The molecule has 4 nitrogen and oxygen atoms in total. The first-order valence-electron chi connectivity index (χ1n) is 23.6. The van der Waals surface area contributed by atoms with Crippen molar-refractivity contribution in [3.63, 3.8) is 0 Å². The summed E-state index contributed by atoms with van der Waals surface area (Å²) in [6.07, 6.45) is 21.7. The van der Waals surface area contributed by atoms with E-state index < -0.39 is 14.1 Å². The summed E-state index contributed by atoms with van der Waals surface area (Å²) in [6, 6.07) is 46.8. The minimum Gasteiger partial charge on any atom is -0.622 e. The van der Waals surface area contributed by atoms with Gasteiger partial charge in [0.1, 0.15) is 0 Å². The molecule has 2 saturated heterocycles. The van der Waals surface area contributed by atoms with Crippen LogP contribution in [0.5, 0.6) is 0 Å². The number of nitrogens with one attached hydrogen (secondary N) is 1. The molecular formula is C53H68KN2O2P2+. The summed E-state index contributed by atoms with van der Waals surface area (Å²) in [5, 5.41) is 12.4. The molecule has 312 valence electrons. The first-order valence-corrected chi connectivity index (χ1v) is 27.2. The van der Waals surface area contributed by atoms with Crippen LogP contribution >= 0.6 is 14.1 Å². The van der Waals surface area contributed by atoms with Crippen LogP contribution in [-0.4, -0.2) is 43.0 Å². The van der Waals surface area contributed by atoms with Crippen molar-refractivity contribution < 1.29 is 65.6 Å². The van der Waals surface area contributed by atoms with Gasteiger partial charge in [0, 0.05) is 56.3 Å². The van der Waals surface area contributed by atoms with Crippen molar-refractivity contribution in [2.75, 3.05) is 26.4 Å². The van der Waals surface area contributed by atoms with Gasteiger partial charge in [0.05, 0.1) is 0 Å². The van der Waals surface area contributed by atoms with Crippen LogP contribution in [0.4, 0.5) is 0 Å². The molecule has 0 unspecified atom stereocenters. The molecule has 0 amide bonds. The van der Waals surface area contributed by atoms with E-state index in [0.717, 1.165) is 61.9 Å². The standard InChI is InChI=1S/C45H51N2P2.2C4H8O.K/c1-5-13-40(14-6-1)48(41-15-7-2-8-16-41,46-44-27-34-21-35(28-44)23-36(22-34)29-44)33-49(42-17-9-3-10-18-42,43-19-11-4-12-20-43)47-45-30-37-24-38(31-45)26-39(25-37)32-45;2*1-2-4-5-3-1;/h1-20,33-39H,21-32H2;2*1-4H2;/q-1;;;+1/p+1. The Morgan fingerprint density at radius 1 is 0.450 bits per heavy atom. The van der Waals surface area contributed by atoms with E-state index in [4.69, 9.17) is 19.3 Å². The summed E-state index contributed by atoms with van der Waals surface area (Å²) in [5.74, 6) is 5.22. The Morgan fingerprint density at radius 3 is 1.08 bits per heavy atom. The number of hydrogen-bond donors (Lipinski definition) is 1. The Labute approximate surface area is 404 Å². The van der Waals surface area contributed by atoms with Crippen LogP contribution in [0.15, 0.2) is 121 Å². The molecule has 60 heavy (non-hydrogen) atoms. The van der Waals surface area contributed by atoms with E-state index in [0.29, 0.717) is 0 Å². The van der Waals surface area contributed by atoms with Crippen molar-refractivity contribution in [3.8, 4) is 0 Å². The Kier molecular flexibility index (Phi) is 14.4. The van der Waals surface area contributed by atoms with Crippen molar-refractivity contribution in [1.29, 1.82) is 0 Å².